The zero-order valence-electron chi connectivity index (χ0n) is 17.6. The van der Waals surface area contributed by atoms with Gasteiger partial charge >= 0.3 is 6.18 Å². The number of nitrogens with one attached hydrogen (secondary N) is 1. The fraction of sp³-hybridized carbons (Fsp3) is 0.667. The Hall–Kier alpha value is -1.65. The van der Waals surface area contributed by atoms with Crippen LogP contribution < -0.4 is 5.32 Å². The molecule has 0 radical (unpaired) electrons. The number of rotatable bonds is 6. The highest BCUT2D eigenvalue weighted by Gasteiger charge is 2.44. The van der Waals surface area contributed by atoms with Gasteiger partial charge in [0.2, 0.25) is 15.9 Å². The molecule has 10 heteroatoms. The molecule has 0 spiro atoms. The average molecular weight is 463 g/mol. The molecule has 2 aliphatic rings. The van der Waals surface area contributed by atoms with Gasteiger partial charge in [0.1, 0.15) is 0 Å². The van der Waals surface area contributed by atoms with Gasteiger partial charge in [-0.25, -0.2) is 12.7 Å². The van der Waals surface area contributed by atoms with Crippen molar-refractivity contribution in [1.29, 1.82) is 0 Å². The Morgan fingerprint density at radius 1 is 1.23 bits per heavy atom. The molecule has 0 saturated carbocycles. The smallest absolute Gasteiger partial charge is 0.381 e. The average Bonchev–Trinajstić information content (AvgIpc) is 2.74. The minimum atomic E-state index is -4.49. The summed E-state index contributed by atoms with van der Waals surface area (Å²) in [7, 11) is -3.28. The Labute approximate surface area is 181 Å². The molecule has 2 saturated heterocycles. The topological polar surface area (TPSA) is 75.7 Å². The molecule has 1 N–H and O–H groups in total. The van der Waals surface area contributed by atoms with Gasteiger partial charge in [-0.3, -0.25) is 4.79 Å². The van der Waals surface area contributed by atoms with E-state index in [2.05, 4.69) is 5.32 Å². The summed E-state index contributed by atoms with van der Waals surface area (Å²) in [5.74, 6) is -0.215. The molecule has 2 heterocycles. The van der Waals surface area contributed by atoms with Crippen LogP contribution in [0, 0.1) is 0 Å². The summed E-state index contributed by atoms with van der Waals surface area (Å²) in [6, 6.07) is 4.75. The third-order valence-electron chi connectivity index (χ3n) is 6.17. The number of carbonyl (C=O) groups excluding carboxylic acids is 1. The van der Waals surface area contributed by atoms with E-state index in [1.807, 2.05) is 6.92 Å². The second kappa shape index (κ2) is 9.46. The first-order valence-electron chi connectivity index (χ1n) is 10.6. The number of carbonyl (C=O) groups is 1. The summed E-state index contributed by atoms with van der Waals surface area (Å²) >= 11 is 0. The Morgan fingerprint density at radius 2 is 1.87 bits per heavy atom. The number of alkyl halides is 3. The summed E-state index contributed by atoms with van der Waals surface area (Å²) in [6.07, 6.45) is -2.41. The number of nitrogens with zero attached hydrogens (tertiary/aromatic N) is 1. The molecule has 0 aliphatic carbocycles. The predicted molar refractivity (Wildman–Crippen MR) is 110 cm³/mol. The fourth-order valence-electron chi connectivity index (χ4n) is 4.35. The van der Waals surface area contributed by atoms with E-state index in [-0.39, 0.29) is 30.9 Å². The number of benzene rings is 1. The highest BCUT2D eigenvalue weighted by atomic mass is 32.2. The first kappa shape index (κ1) is 24.0. The van der Waals surface area contributed by atoms with Gasteiger partial charge in [0, 0.05) is 32.3 Å². The van der Waals surface area contributed by atoms with Crippen molar-refractivity contribution in [3.8, 4) is 0 Å². The van der Waals surface area contributed by atoms with E-state index >= 15 is 0 Å². The summed E-state index contributed by atoms with van der Waals surface area (Å²) in [6.45, 7) is 3.04. The van der Waals surface area contributed by atoms with Crippen LogP contribution in [-0.2, 0) is 31.1 Å². The number of hydrogen-bond donors (Lipinski definition) is 1. The Morgan fingerprint density at radius 3 is 2.45 bits per heavy atom. The van der Waals surface area contributed by atoms with Crippen molar-refractivity contribution in [3.63, 3.8) is 0 Å². The molecule has 6 nitrogen and oxygen atoms in total. The van der Waals surface area contributed by atoms with Gasteiger partial charge < -0.3 is 10.1 Å². The molecule has 2 fully saturated rings. The van der Waals surface area contributed by atoms with Crippen molar-refractivity contribution < 1.29 is 31.1 Å². The van der Waals surface area contributed by atoms with Crippen molar-refractivity contribution in [2.24, 2.45) is 0 Å². The molecule has 1 aromatic carbocycles. The van der Waals surface area contributed by atoms with Crippen LogP contribution >= 0.6 is 0 Å². The van der Waals surface area contributed by atoms with E-state index in [9.17, 15) is 26.4 Å². The van der Waals surface area contributed by atoms with Crippen LogP contribution in [-0.4, -0.2) is 56.7 Å². The molecule has 0 atom stereocenters. The second-order valence-electron chi connectivity index (χ2n) is 8.24. The number of sulfonamides is 1. The molecule has 3 rings (SSSR count). The van der Waals surface area contributed by atoms with Crippen LogP contribution in [0.2, 0.25) is 0 Å². The maximum absolute atomic E-state index is 13.4. The van der Waals surface area contributed by atoms with Gasteiger partial charge in [-0.2, -0.15) is 13.2 Å². The molecular weight excluding hydrogens is 433 g/mol. The van der Waals surface area contributed by atoms with Crippen molar-refractivity contribution in [2.75, 3.05) is 32.1 Å². The fourth-order valence-corrected chi connectivity index (χ4v) is 5.89. The molecule has 1 aromatic rings. The molecule has 1 amide bonds. The quantitative estimate of drug-likeness (QED) is 0.705. The maximum Gasteiger partial charge on any atom is 0.416 e. The lowest BCUT2D eigenvalue weighted by Crippen LogP contribution is -2.53. The molecular formula is C21H29F3N2O4S. The molecule has 0 unspecified atom stereocenters. The van der Waals surface area contributed by atoms with Crippen molar-refractivity contribution in [1.82, 2.24) is 9.62 Å². The van der Waals surface area contributed by atoms with E-state index in [1.165, 1.54) is 10.4 Å². The Kier molecular flexibility index (Phi) is 7.32. The van der Waals surface area contributed by atoms with Crippen LogP contribution in [0.3, 0.4) is 0 Å². The molecule has 31 heavy (non-hydrogen) atoms. The standard InChI is InChI=1S/C21H29F3N2O4S/c1-2-14-31(28,29)26-10-6-18(7-11-26)25-19(27)20(8-12-30-13-9-20)16-4-3-5-17(15-16)21(22,23)24/h3-5,15,18H,2,6-14H2,1H3,(H,25,27). The Bertz CT molecular complexity index is 875. The maximum atomic E-state index is 13.4. The summed E-state index contributed by atoms with van der Waals surface area (Å²) < 4.78 is 71.1. The van der Waals surface area contributed by atoms with Gasteiger partial charge in [-0.15, -0.1) is 0 Å². The SMILES string of the molecule is CCCS(=O)(=O)N1CCC(NC(=O)C2(c3cccc(C(F)(F)F)c3)CCOCC2)CC1. The van der Waals surface area contributed by atoms with Gasteiger partial charge in [-0.05, 0) is 43.7 Å². The highest BCUT2D eigenvalue weighted by molar-refractivity contribution is 7.89. The molecule has 2 aliphatic heterocycles. The van der Waals surface area contributed by atoms with Gasteiger partial charge in [0.15, 0.2) is 0 Å². The van der Waals surface area contributed by atoms with Crippen LogP contribution in [0.4, 0.5) is 13.2 Å². The van der Waals surface area contributed by atoms with Crippen LogP contribution in [0.1, 0.15) is 50.2 Å². The van der Waals surface area contributed by atoms with E-state index in [0.717, 1.165) is 12.1 Å². The van der Waals surface area contributed by atoms with Gasteiger partial charge in [0.25, 0.3) is 0 Å². The number of hydrogen-bond acceptors (Lipinski definition) is 4. The van der Waals surface area contributed by atoms with Gasteiger partial charge in [0.05, 0.1) is 16.7 Å². The number of piperidine rings is 1. The third kappa shape index (κ3) is 5.40. The van der Waals surface area contributed by atoms with Crippen LogP contribution in [0.15, 0.2) is 24.3 Å². The minimum Gasteiger partial charge on any atom is -0.381 e. The van der Waals surface area contributed by atoms with E-state index in [1.54, 1.807) is 6.07 Å². The van der Waals surface area contributed by atoms with Crippen LogP contribution in [0.5, 0.6) is 0 Å². The Balaban J connectivity index is 1.75. The minimum absolute atomic E-state index is 0.0999. The zero-order valence-corrected chi connectivity index (χ0v) is 18.4. The largest absolute Gasteiger partial charge is 0.416 e. The van der Waals surface area contributed by atoms with Gasteiger partial charge in [-0.1, -0.05) is 25.1 Å². The third-order valence-corrected chi connectivity index (χ3v) is 8.24. The zero-order chi connectivity index (χ0) is 22.7. The molecule has 0 bridgehead atoms. The second-order valence-corrected chi connectivity index (χ2v) is 10.3. The summed E-state index contributed by atoms with van der Waals surface area (Å²) in [5.41, 5.74) is -1.53. The summed E-state index contributed by atoms with van der Waals surface area (Å²) in [4.78, 5) is 13.4. The number of ether oxygens (including phenoxy) is 1. The van der Waals surface area contributed by atoms with E-state index in [0.29, 0.717) is 50.8 Å². The van der Waals surface area contributed by atoms with E-state index in [4.69, 9.17) is 4.74 Å². The summed E-state index contributed by atoms with van der Waals surface area (Å²) in [5, 5.41) is 2.99. The lowest BCUT2D eigenvalue weighted by atomic mass is 9.72. The first-order chi connectivity index (χ1) is 14.6. The predicted octanol–water partition coefficient (Wildman–Crippen LogP) is 3.07. The molecule has 0 aromatic heterocycles. The highest BCUT2D eigenvalue weighted by Crippen LogP contribution is 2.38. The van der Waals surface area contributed by atoms with Crippen molar-refractivity contribution in [2.45, 2.75) is 56.7 Å². The molecule has 174 valence electrons. The lowest BCUT2D eigenvalue weighted by molar-refractivity contribution is -0.138. The number of amides is 1. The van der Waals surface area contributed by atoms with Crippen LogP contribution in [0.25, 0.3) is 0 Å². The van der Waals surface area contributed by atoms with E-state index < -0.39 is 27.2 Å². The normalized spacial score (nSPS) is 21.0. The van der Waals surface area contributed by atoms with Crippen molar-refractivity contribution in [3.05, 3.63) is 35.4 Å². The number of halogens is 3. The first-order valence-corrected chi connectivity index (χ1v) is 12.2. The van der Waals surface area contributed by atoms with Crippen molar-refractivity contribution >= 4 is 15.9 Å². The lowest BCUT2D eigenvalue weighted by Gasteiger charge is -2.39. The monoisotopic (exact) mass is 462 g/mol.